The van der Waals surface area contributed by atoms with Crippen LogP contribution in [0.2, 0.25) is 0 Å². The van der Waals surface area contributed by atoms with Gasteiger partial charge in [-0.25, -0.2) is 13.9 Å². The maximum Gasteiger partial charge on any atom is 0.274 e. The second kappa shape index (κ2) is 8.69. The lowest BCUT2D eigenvalue weighted by molar-refractivity contribution is 0.0233. The molecule has 0 aromatic heterocycles. The zero-order chi connectivity index (χ0) is 20.0. The predicted molar refractivity (Wildman–Crippen MR) is 107 cm³/mol. The molecule has 2 N–H and O–H groups in total. The van der Waals surface area contributed by atoms with Gasteiger partial charge in [0.05, 0.1) is 11.5 Å². The van der Waals surface area contributed by atoms with Gasteiger partial charge in [-0.05, 0) is 42.8 Å². The molecule has 144 valence electrons. The van der Waals surface area contributed by atoms with Crippen LogP contribution in [0.1, 0.15) is 21.5 Å². The van der Waals surface area contributed by atoms with Gasteiger partial charge >= 0.3 is 0 Å². The summed E-state index contributed by atoms with van der Waals surface area (Å²) >= 11 is 0. The van der Waals surface area contributed by atoms with Gasteiger partial charge < -0.3 is 0 Å². The van der Waals surface area contributed by atoms with Gasteiger partial charge in [0.1, 0.15) is 0 Å². The maximum absolute atomic E-state index is 12.5. The normalized spacial score (nSPS) is 11.0. The molecule has 0 aliphatic rings. The highest BCUT2D eigenvalue weighted by molar-refractivity contribution is 7.92. The van der Waals surface area contributed by atoms with Gasteiger partial charge in [-0.1, -0.05) is 54.1 Å². The average Bonchev–Trinajstić information content (AvgIpc) is 2.69. The highest BCUT2D eigenvalue weighted by atomic mass is 32.2. The van der Waals surface area contributed by atoms with Crippen LogP contribution in [-0.2, 0) is 21.5 Å². The fourth-order valence-corrected chi connectivity index (χ4v) is 3.52. The van der Waals surface area contributed by atoms with Crippen molar-refractivity contribution in [3.8, 4) is 0 Å². The zero-order valence-corrected chi connectivity index (χ0v) is 16.1. The summed E-state index contributed by atoms with van der Waals surface area (Å²) in [6, 6.07) is 22.1. The van der Waals surface area contributed by atoms with Crippen molar-refractivity contribution < 1.29 is 18.0 Å². The minimum Gasteiger partial charge on any atom is -0.280 e. The molecular formula is C21H20N2O4S. The SMILES string of the molecule is Cc1ccc(S(=O)(=O)Nc2cccc(C(=O)NOCc3ccccc3)c2)cc1. The van der Waals surface area contributed by atoms with Gasteiger partial charge in [-0.2, -0.15) is 0 Å². The third kappa shape index (κ3) is 5.18. The second-order valence-corrected chi connectivity index (χ2v) is 7.89. The van der Waals surface area contributed by atoms with Gasteiger partial charge in [0, 0.05) is 11.3 Å². The number of carbonyl (C=O) groups excluding carboxylic acids is 1. The summed E-state index contributed by atoms with van der Waals surface area (Å²) in [6.07, 6.45) is 0. The third-order valence-corrected chi connectivity index (χ3v) is 5.35. The standard InChI is InChI=1S/C21H20N2O4S/c1-16-10-12-20(13-11-16)28(25,26)23-19-9-5-8-18(14-19)21(24)22-27-15-17-6-3-2-4-7-17/h2-14,23H,15H2,1H3,(H,22,24). The first kappa shape index (κ1) is 19.6. The maximum atomic E-state index is 12.5. The molecule has 3 rings (SSSR count). The third-order valence-electron chi connectivity index (χ3n) is 3.95. The van der Waals surface area contributed by atoms with E-state index in [1.54, 1.807) is 30.3 Å². The molecule has 0 aliphatic heterocycles. The Hall–Kier alpha value is -3.16. The van der Waals surface area contributed by atoms with E-state index in [2.05, 4.69) is 10.2 Å². The summed E-state index contributed by atoms with van der Waals surface area (Å²) in [5, 5.41) is 0. The molecule has 0 heterocycles. The van der Waals surface area contributed by atoms with Crippen LogP contribution in [0.25, 0.3) is 0 Å². The Labute approximate surface area is 164 Å². The largest absolute Gasteiger partial charge is 0.280 e. The second-order valence-electron chi connectivity index (χ2n) is 6.20. The monoisotopic (exact) mass is 396 g/mol. The lowest BCUT2D eigenvalue weighted by Crippen LogP contribution is -2.23. The van der Waals surface area contributed by atoms with E-state index in [9.17, 15) is 13.2 Å². The van der Waals surface area contributed by atoms with Gasteiger partial charge in [-0.15, -0.1) is 0 Å². The Balaban J connectivity index is 1.64. The number of hydroxylamine groups is 1. The van der Waals surface area contributed by atoms with Crippen LogP contribution in [0.3, 0.4) is 0 Å². The Bertz CT molecular complexity index is 1050. The molecule has 28 heavy (non-hydrogen) atoms. The van der Waals surface area contributed by atoms with Gasteiger partial charge in [0.2, 0.25) is 0 Å². The number of carbonyl (C=O) groups is 1. The van der Waals surface area contributed by atoms with Crippen molar-refractivity contribution in [1.29, 1.82) is 0 Å². The molecule has 0 spiro atoms. The smallest absolute Gasteiger partial charge is 0.274 e. The number of benzene rings is 3. The van der Waals surface area contributed by atoms with Crippen molar-refractivity contribution in [3.63, 3.8) is 0 Å². The van der Waals surface area contributed by atoms with Crippen molar-refractivity contribution >= 4 is 21.6 Å². The predicted octanol–water partition coefficient (Wildman–Crippen LogP) is 3.66. The summed E-state index contributed by atoms with van der Waals surface area (Å²) < 4.78 is 27.5. The molecule has 0 fully saturated rings. The van der Waals surface area contributed by atoms with E-state index in [1.807, 2.05) is 37.3 Å². The van der Waals surface area contributed by atoms with E-state index < -0.39 is 15.9 Å². The Kier molecular flexibility index (Phi) is 6.08. The first-order valence-electron chi connectivity index (χ1n) is 8.60. The number of hydrogen-bond donors (Lipinski definition) is 2. The summed E-state index contributed by atoms with van der Waals surface area (Å²) in [5.74, 6) is -0.465. The van der Waals surface area contributed by atoms with Crippen LogP contribution in [0, 0.1) is 6.92 Å². The number of sulfonamides is 1. The highest BCUT2D eigenvalue weighted by Gasteiger charge is 2.15. The first-order valence-corrected chi connectivity index (χ1v) is 10.1. The van der Waals surface area contributed by atoms with Crippen LogP contribution in [-0.4, -0.2) is 14.3 Å². The Morgan fingerprint density at radius 3 is 2.36 bits per heavy atom. The van der Waals surface area contributed by atoms with Crippen molar-refractivity contribution in [3.05, 3.63) is 95.6 Å². The molecule has 3 aromatic rings. The number of aryl methyl sites for hydroxylation is 1. The van der Waals surface area contributed by atoms with Crippen molar-refractivity contribution in [2.75, 3.05) is 4.72 Å². The molecular weight excluding hydrogens is 376 g/mol. The summed E-state index contributed by atoms with van der Waals surface area (Å²) in [4.78, 5) is 17.6. The number of amides is 1. The molecule has 0 aliphatic carbocycles. The number of rotatable bonds is 7. The lowest BCUT2D eigenvalue weighted by atomic mass is 10.2. The van der Waals surface area contributed by atoms with E-state index in [0.717, 1.165) is 11.1 Å². The van der Waals surface area contributed by atoms with E-state index in [0.29, 0.717) is 0 Å². The molecule has 0 bridgehead atoms. The van der Waals surface area contributed by atoms with E-state index >= 15 is 0 Å². The summed E-state index contributed by atoms with van der Waals surface area (Å²) in [5.41, 5.74) is 4.81. The van der Waals surface area contributed by atoms with Crippen LogP contribution in [0.5, 0.6) is 0 Å². The van der Waals surface area contributed by atoms with Crippen molar-refractivity contribution in [2.45, 2.75) is 18.4 Å². The lowest BCUT2D eigenvalue weighted by Gasteiger charge is -2.10. The first-order chi connectivity index (χ1) is 13.4. The van der Waals surface area contributed by atoms with Crippen molar-refractivity contribution in [2.24, 2.45) is 0 Å². The highest BCUT2D eigenvalue weighted by Crippen LogP contribution is 2.18. The fraction of sp³-hybridized carbons (Fsp3) is 0.0952. The number of nitrogens with one attached hydrogen (secondary N) is 2. The average molecular weight is 396 g/mol. The molecule has 1 amide bonds. The number of anilines is 1. The quantitative estimate of drug-likeness (QED) is 0.597. The molecule has 0 saturated carbocycles. The summed E-state index contributed by atoms with van der Waals surface area (Å²) in [7, 11) is -3.74. The van der Waals surface area contributed by atoms with Gasteiger partial charge in [0.25, 0.3) is 15.9 Å². The number of hydrogen-bond acceptors (Lipinski definition) is 4. The molecule has 0 unspecified atom stereocenters. The Morgan fingerprint density at radius 2 is 1.64 bits per heavy atom. The minimum atomic E-state index is -3.74. The van der Waals surface area contributed by atoms with Gasteiger partial charge in [-0.3, -0.25) is 14.4 Å². The van der Waals surface area contributed by atoms with E-state index in [-0.39, 0.29) is 22.8 Å². The van der Waals surface area contributed by atoms with Crippen LogP contribution < -0.4 is 10.2 Å². The van der Waals surface area contributed by atoms with Crippen LogP contribution in [0.15, 0.2) is 83.8 Å². The fourth-order valence-electron chi connectivity index (χ4n) is 2.47. The molecule has 0 radical (unpaired) electrons. The van der Waals surface area contributed by atoms with Crippen LogP contribution in [0.4, 0.5) is 5.69 Å². The molecule has 6 nitrogen and oxygen atoms in total. The topological polar surface area (TPSA) is 84.5 Å². The van der Waals surface area contributed by atoms with Crippen LogP contribution >= 0.6 is 0 Å². The van der Waals surface area contributed by atoms with Crippen molar-refractivity contribution in [1.82, 2.24) is 5.48 Å². The van der Waals surface area contributed by atoms with E-state index in [1.165, 1.54) is 18.2 Å². The molecule has 3 aromatic carbocycles. The zero-order valence-electron chi connectivity index (χ0n) is 15.3. The molecule has 0 atom stereocenters. The molecule has 7 heteroatoms. The Morgan fingerprint density at radius 1 is 0.929 bits per heavy atom. The van der Waals surface area contributed by atoms with E-state index in [4.69, 9.17) is 4.84 Å². The van der Waals surface area contributed by atoms with Gasteiger partial charge in [0.15, 0.2) is 0 Å². The summed E-state index contributed by atoms with van der Waals surface area (Å²) in [6.45, 7) is 2.11. The molecule has 0 saturated heterocycles. The minimum absolute atomic E-state index is 0.152.